The Morgan fingerprint density at radius 2 is 0.694 bits per heavy atom. The van der Waals surface area contributed by atoms with E-state index in [1.54, 1.807) is 0 Å². The lowest BCUT2D eigenvalue weighted by atomic mass is 10.1. The maximum Gasteiger partial charge on any atom is 0.306 e. The Hall–Kier alpha value is -2.66. The molecule has 0 aromatic carbocycles. The number of unbranched alkanes of at least 4 members (excludes halogenated alkanes) is 25. The average Bonchev–Trinajstić information content (AvgIpc) is 3.27. The van der Waals surface area contributed by atoms with Gasteiger partial charge in [-0.25, -0.2) is 0 Å². The molecule has 5 heteroatoms. The van der Waals surface area contributed by atoms with E-state index in [2.05, 4.69) is 93.7 Å². The molecule has 0 rings (SSSR count). The standard InChI is InChI=1S/C57H100O5/c1-4-7-10-13-16-19-22-25-27-28-29-30-32-33-35-38-41-44-47-50-56(58)61-54-55(53-60-52-49-46-43-40-37-24-21-18-15-12-9-6-3)62-57(59)51-48-45-42-39-36-34-31-26-23-20-17-14-11-8-5-2/h15-20,25-27,29-31,55H,4-14,21-24,28,32-54H2,1-3H3/b18-15-,19-16-,20-17-,27-25-,30-29-,31-26-. The van der Waals surface area contributed by atoms with Crippen molar-refractivity contribution >= 4 is 11.9 Å². The van der Waals surface area contributed by atoms with Gasteiger partial charge in [0.2, 0.25) is 0 Å². The first-order valence-electron chi connectivity index (χ1n) is 26.5. The number of carbonyl (C=O) groups excluding carboxylic acids is 2. The number of carbonyl (C=O) groups is 2. The monoisotopic (exact) mass is 865 g/mol. The van der Waals surface area contributed by atoms with Crippen molar-refractivity contribution in [1.29, 1.82) is 0 Å². The van der Waals surface area contributed by atoms with Crippen molar-refractivity contribution < 1.29 is 23.8 Å². The van der Waals surface area contributed by atoms with Crippen molar-refractivity contribution in [2.45, 2.75) is 258 Å². The molecule has 0 bridgehead atoms. The Labute approximate surface area is 385 Å². The summed E-state index contributed by atoms with van der Waals surface area (Å²) in [6.07, 6.45) is 67.6. The molecular formula is C57H100O5. The zero-order chi connectivity index (χ0) is 44.9. The van der Waals surface area contributed by atoms with E-state index < -0.39 is 6.10 Å². The van der Waals surface area contributed by atoms with Crippen LogP contribution in [0.25, 0.3) is 0 Å². The first-order chi connectivity index (χ1) is 30.6. The normalized spacial score (nSPS) is 12.8. The van der Waals surface area contributed by atoms with Crippen molar-refractivity contribution in [2.75, 3.05) is 19.8 Å². The molecule has 0 fully saturated rings. The van der Waals surface area contributed by atoms with Crippen LogP contribution in [0.4, 0.5) is 0 Å². The number of ether oxygens (including phenoxy) is 3. The minimum absolute atomic E-state index is 0.0686. The molecule has 0 heterocycles. The quantitative estimate of drug-likeness (QED) is 0.0346. The molecule has 0 aromatic rings. The van der Waals surface area contributed by atoms with Crippen LogP contribution in [0.1, 0.15) is 252 Å². The molecule has 5 nitrogen and oxygen atoms in total. The summed E-state index contributed by atoms with van der Waals surface area (Å²) in [7, 11) is 0. The molecule has 0 aliphatic rings. The van der Waals surface area contributed by atoms with Crippen molar-refractivity contribution in [3.63, 3.8) is 0 Å². The Balaban J connectivity index is 4.29. The molecule has 1 unspecified atom stereocenters. The topological polar surface area (TPSA) is 61.8 Å². The van der Waals surface area contributed by atoms with Gasteiger partial charge in [-0.05, 0) is 109 Å². The van der Waals surface area contributed by atoms with Crippen molar-refractivity contribution in [3.05, 3.63) is 72.9 Å². The van der Waals surface area contributed by atoms with Gasteiger partial charge in [-0.1, -0.05) is 203 Å². The number of allylic oxidation sites excluding steroid dienone is 12. The fourth-order valence-electron chi connectivity index (χ4n) is 7.17. The number of rotatable bonds is 48. The van der Waals surface area contributed by atoms with Crippen LogP contribution in [0.5, 0.6) is 0 Å². The van der Waals surface area contributed by atoms with Gasteiger partial charge in [0.15, 0.2) is 6.10 Å². The van der Waals surface area contributed by atoms with Gasteiger partial charge in [0.25, 0.3) is 0 Å². The molecule has 0 spiro atoms. The first-order valence-corrected chi connectivity index (χ1v) is 26.5. The first kappa shape index (κ1) is 59.3. The van der Waals surface area contributed by atoms with Crippen LogP contribution < -0.4 is 0 Å². The lowest BCUT2D eigenvalue weighted by molar-refractivity contribution is -0.163. The summed E-state index contributed by atoms with van der Waals surface area (Å²) in [5, 5.41) is 0. The van der Waals surface area contributed by atoms with Crippen LogP contribution in [0.3, 0.4) is 0 Å². The maximum atomic E-state index is 12.8. The highest BCUT2D eigenvalue weighted by atomic mass is 16.6. The van der Waals surface area contributed by atoms with Crippen LogP contribution in [-0.2, 0) is 23.8 Å². The zero-order valence-corrected chi connectivity index (χ0v) is 41.1. The second-order valence-electron chi connectivity index (χ2n) is 17.4. The van der Waals surface area contributed by atoms with E-state index in [-0.39, 0.29) is 25.2 Å². The van der Waals surface area contributed by atoms with E-state index in [1.165, 1.54) is 135 Å². The summed E-state index contributed by atoms with van der Waals surface area (Å²) in [6.45, 7) is 7.71. The van der Waals surface area contributed by atoms with E-state index in [9.17, 15) is 9.59 Å². The third-order valence-corrected chi connectivity index (χ3v) is 11.2. The summed E-state index contributed by atoms with van der Waals surface area (Å²) < 4.78 is 17.4. The third-order valence-electron chi connectivity index (χ3n) is 11.2. The van der Waals surface area contributed by atoms with Gasteiger partial charge >= 0.3 is 11.9 Å². The fourth-order valence-corrected chi connectivity index (χ4v) is 7.17. The number of hydrogen-bond acceptors (Lipinski definition) is 5. The molecule has 62 heavy (non-hydrogen) atoms. The van der Waals surface area contributed by atoms with Crippen LogP contribution >= 0.6 is 0 Å². The lowest BCUT2D eigenvalue weighted by Gasteiger charge is -2.18. The average molecular weight is 865 g/mol. The molecule has 0 radical (unpaired) electrons. The molecule has 0 amide bonds. The Morgan fingerprint density at radius 1 is 0.355 bits per heavy atom. The predicted molar refractivity (Wildman–Crippen MR) is 270 cm³/mol. The Morgan fingerprint density at radius 3 is 1.15 bits per heavy atom. The third kappa shape index (κ3) is 50.0. The summed E-state index contributed by atoms with van der Waals surface area (Å²) in [6, 6.07) is 0. The molecule has 358 valence electrons. The maximum absolute atomic E-state index is 12.8. The highest BCUT2D eigenvalue weighted by Gasteiger charge is 2.17. The van der Waals surface area contributed by atoms with Crippen LogP contribution in [-0.4, -0.2) is 37.9 Å². The van der Waals surface area contributed by atoms with Gasteiger partial charge in [-0.15, -0.1) is 0 Å². The van der Waals surface area contributed by atoms with Crippen LogP contribution in [0, 0.1) is 0 Å². The molecule has 0 aliphatic carbocycles. The summed E-state index contributed by atoms with van der Waals surface area (Å²) in [5.41, 5.74) is 0. The Bertz CT molecular complexity index is 1110. The van der Waals surface area contributed by atoms with Gasteiger partial charge in [-0.3, -0.25) is 9.59 Å². The predicted octanol–water partition coefficient (Wildman–Crippen LogP) is 17.9. The van der Waals surface area contributed by atoms with E-state index in [4.69, 9.17) is 14.2 Å². The second kappa shape index (κ2) is 52.7. The van der Waals surface area contributed by atoms with E-state index in [0.717, 1.165) is 83.5 Å². The molecular weight excluding hydrogens is 765 g/mol. The highest BCUT2D eigenvalue weighted by molar-refractivity contribution is 5.70. The summed E-state index contributed by atoms with van der Waals surface area (Å²) in [5.74, 6) is -0.428. The summed E-state index contributed by atoms with van der Waals surface area (Å²) in [4.78, 5) is 25.4. The summed E-state index contributed by atoms with van der Waals surface area (Å²) >= 11 is 0. The van der Waals surface area contributed by atoms with Gasteiger partial charge in [0.1, 0.15) is 6.61 Å². The van der Waals surface area contributed by atoms with Crippen molar-refractivity contribution in [3.8, 4) is 0 Å². The van der Waals surface area contributed by atoms with Gasteiger partial charge in [0, 0.05) is 19.4 Å². The van der Waals surface area contributed by atoms with Crippen molar-refractivity contribution in [1.82, 2.24) is 0 Å². The van der Waals surface area contributed by atoms with Gasteiger partial charge in [0.05, 0.1) is 6.61 Å². The van der Waals surface area contributed by atoms with Crippen LogP contribution in [0.15, 0.2) is 72.9 Å². The minimum atomic E-state index is -0.554. The fraction of sp³-hybridized carbons (Fsp3) is 0.754. The van der Waals surface area contributed by atoms with Gasteiger partial charge < -0.3 is 14.2 Å². The van der Waals surface area contributed by atoms with E-state index in [0.29, 0.717) is 19.4 Å². The van der Waals surface area contributed by atoms with Gasteiger partial charge in [-0.2, -0.15) is 0 Å². The second-order valence-corrected chi connectivity index (χ2v) is 17.4. The van der Waals surface area contributed by atoms with E-state index in [1.807, 2.05) is 0 Å². The van der Waals surface area contributed by atoms with Crippen molar-refractivity contribution in [2.24, 2.45) is 0 Å². The lowest BCUT2D eigenvalue weighted by Crippen LogP contribution is -2.30. The molecule has 0 N–H and O–H groups in total. The SMILES string of the molecule is CCCC/C=C\CCCCCCCCOCC(COC(=O)CCCCCCCC/C=C\C/C=C\C/C=C\CCCCC)OC(=O)CCCCCCC/C=C\C/C=C\CCCCC. The zero-order valence-electron chi connectivity index (χ0n) is 41.1. The Kier molecular flexibility index (Phi) is 50.4. The molecule has 0 aliphatic heterocycles. The smallest absolute Gasteiger partial charge is 0.306 e. The number of hydrogen-bond donors (Lipinski definition) is 0. The number of esters is 2. The van der Waals surface area contributed by atoms with Crippen LogP contribution in [0.2, 0.25) is 0 Å². The molecule has 0 saturated heterocycles. The molecule has 0 saturated carbocycles. The highest BCUT2D eigenvalue weighted by Crippen LogP contribution is 2.13. The molecule has 0 aromatic heterocycles. The minimum Gasteiger partial charge on any atom is -0.462 e. The molecule has 1 atom stereocenters. The largest absolute Gasteiger partial charge is 0.462 e. The van der Waals surface area contributed by atoms with E-state index >= 15 is 0 Å².